The largest absolute Gasteiger partial charge is 0.480 e. The number of nitrogens with one attached hydrogen (secondary N) is 1. The maximum absolute atomic E-state index is 10.9. The summed E-state index contributed by atoms with van der Waals surface area (Å²) in [5.74, 6) is 1.31. The average molecular weight is 229 g/mol. The molecule has 2 fully saturated rings. The predicted octanol–water partition coefficient (Wildman–Crippen LogP) is 1.93. The molecule has 1 saturated carbocycles. The van der Waals surface area contributed by atoms with E-state index < -0.39 is 5.97 Å². The minimum absolute atomic E-state index is 0.0424. The Kier molecular flexibility index (Phi) is 2.99. The van der Waals surface area contributed by atoms with E-state index >= 15 is 0 Å². The highest BCUT2D eigenvalue weighted by atomic mass is 32.2. The van der Waals surface area contributed by atoms with Crippen molar-refractivity contribution < 1.29 is 9.90 Å². The Bertz CT molecular complexity index is 271. The van der Waals surface area contributed by atoms with Gasteiger partial charge in [0.15, 0.2) is 0 Å². The molecule has 1 saturated heterocycles. The lowest BCUT2D eigenvalue weighted by Crippen LogP contribution is -2.51. The van der Waals surface area contributed by atoms with Gasteiger partial charge in [-0.3, -0.25) is 10.1 Å². The predicted molar refractivity (Wildman–Crippen MR) is 61.9 cm³/mol. The second-order valence-corrected chi connectivity index (χ2v) is 6.37. The average Bonchev–Trinajstić information content (AvgIpc) is 2.58. The lowest BCUT2D eigenvalue weighted by atomic mass is 9.79. The summed E-state index contributed by atoms with van der Waals surface area (Å²) >= 11 is 1.82. The Morgan fingerprint density at radius 2 is 2.20 bits per heavy atom. The first-order valence-electron chi connectivity index (χ1n) is 5.68. The Labute approximate surface area is 95.0 Å². The molecule has 0 amide bonds. The molecular formula is C11H19NO2S. The zero-order chi connectivity index (χ0) is 11.1. The Hall–Kier alpha value is -0.220. The van der Waals surface area contributed by atoms with Gasteiger partial charge in [0, 0.05) is 5.75 Å². The van der Waals surface area contributed by atoms with Crippen molar-refractivity contribution in [3.8, 4) is 0 Å². The molecule has 2 rings (SSSR count). The van der Waals surface area contributed by atoms with Gasteiger partial charge in [0.2, 0.25) is 0 Å². The van der Waals surface area contributed by atoms with E-state index in [1.165, 1.54) is 12.8 Å². The van der Waals surface area contributed by atoms with Crippen molar-refractivity contribution in [2.24, 2.45) is 11.8 Å². The highest BCUT2D eigenvalue weighted by Crippen LogP contribution is 2.47. The van der Waals surface area contributed by atoms with Crippen LogP contribution in [-0.2, 0) is 4.79 Å². The fourth-order valence-corrected chi connectivity index (χ4v) is 4.45. The number of carbonyl (C=O) groups is 1. The monoisotopic (exact) mass is 229 g/mol. The summed E-state index contributed by atoms with van der Waals surface area (Å²) in [6, 6.07) is -0.345. The van der Waals surface area contributed by atoms with E-state index in [9.17, 15) is 4.79 Å². The van der Waals surface area contributed by atoms with Crippen LogP contribution in [0.15, 0.2) is 0 Å². The van der Waals surface area contributed by atoms with Crippen LogP contribution < -0.4 is 5.32 Å². The molecule has 86 valence electrons. The molecule has 2 N–H and O–H groups in total. The molecule has 1 heterocycles. The molecule has 15 heavy (non-hydrogen) atoms. The van der Waals surface area contributed by atoms with E-state index in [1.807, 2.05) is 11.8 Å². The van der Waals surface area contributed by atoms with E-state index in [0.29, 0.717) is 17.6 Å². The molecule has 0 bridgehead atoms. The van der Waals surface area contributed by atoms with Gasteiger partial charge in [-0.15, -0.1) is 11.8 Å². The minimum Gasteiger partial charge on any atom is -0.480 e. The van der Waals surface area contributed by atoms with Gasteiger partial charge in [0.05, 0.1) is 4.87 Å². The Morgan fingerprint density at radius 1 is 1.47 bits per heavy atom. The van der Waals surface area contributed by atoms with Crippen LogP contribution in [0.2, 0.25) is 0 Å². The second kappa shape index (κ2) is 3.98. The molecule has 1 aliphatic heterocycles. The number of carboxylic acid groups (broad SMARTS) is 1. The highest BCUT2D eigenvalue weighted by molar-refractivity contribution is 8.01. The molecule has 0 aromatic rings. The van der Waals surface area contributed by atoms with Crippen molar-refractivity contribution in [2.75, 3.05) is 5.75 Å². The third-order valence-electron chi connectivity index (χ3n) is 3.76. The quantitative estimate of drug-likeness (QED) is 0.721. The van der Waals surface area contributed by atoms with Crippen LogP contribution in [0.5, 0.6) is 0 Å². The van der Waals surface area contributed by atoms with Gasteiger partial charge in [-0.25, -0.2) is 0 Å². The molecule has 0 aromatic carbocycles. The van der Waals surface area contributed by atoms with Crippen LogP contribution in [0.4, 0.5) is 0 Å². The van der Waals surface area contributed by atoms with Crippen LogP contribution in [0.25, 0.3) is 0 Å². The van der Waals surface area contributed by atoms with Crippen molar-refractivity contribution in [3.05, 3.63) is 0 Å². The smallest absolute Gasteiger partial charge is 0.321 e. The number of carboxylic acids is 1. The standard InChI is InChI=1S/C11H19NO2S/c1-7-3-4-8(2)11(5-7)12-9(6-15-11)10(13)14/h7-9,12H,3-6H2,1-2H3,(H,13,14). The number of aliphatic carboxylic acids is 1. The van der Waals surface area contributed by atoms with Gasteiger partial charge in [0.1, 0.15) is 6.04 Å². The van der Waals surface area contributed by atoms with Crippen molar-refractivity contribution >= 4 is 17.7 Å². The molecule has 0 aromatic heterocycles. The molecule has 4 atom stereocenters. The zero-order valence-electron chi connectivity index (χ0n) is 9.32. The first-order valence-corrected chi connectivity index (χ1v) is 6.66. The van der Waals surface area contributed by atoms with Gasteiger partial charge >= 0.3 is 5.97 Å². The van der Waals surface area contributed by atoms with Crippen molar-refractivity contribution in [1.29, 1.82) is 0 Å². The molecule has 1 aliphatic carbocycles. The van der Waals surface area contributed by atoms with E-state index in [2.05, 4.69) is 19.2 Å². The van der Waals surface area contributed by atoms with Crippen molar-refractivity contribution in [2.45, 2.75) is 44.0 Å². The summed E-state index contributed by atoms with van der Waals surface area (Å²) in [6.07, 6.45) is 3.61. The molecule has 3 nitrogen and oxygen atoms in total. The maximum Gasteiger partial charge on any atom is 0.321 e. The van der Waals surface area contributed by atoms with Gasteiger partial charge < -0.3 is 5.11 Å². The van der Waals surface area contributed by atoms with E-state index in [4.69, 9.17) is 5.11 Å². The third kappa shape index (κ3) is 2.02. The summed E-state index contributed by atoms with van der Waals surface area (Å²) in [5.41, 5.74) is 0. The molecule has 4 heteroatoms. The normalized spacial score (nSPS) is 45.9. The molecular weight excluding hydrogens is 210 g/mol. The van der Waals surface area contributed by atoms with E-state index in [1.54, 1.807) is 0 Å². The zero-order valence-corrected chi connectivity index (χ0v) is 10.1. The summed E-state index contributed by atoms with van der Waals surface area (Å²) in [4.78, 5) is 11.0. The van der Waals surface area contributed by atoms with Gasteiger partial charge in [0.25, 0.3) is 0 Å². The Balaban J connectivity index is 2.09. The SMILES string of the molecule is CC1CCC(C)C2(C1)NC(C(=O)O)CS2. The van der Waals surface area contributed by atoms with Crippen LogP contribution >= 0.6 is 11.8 Å². The van der Waals surface area contributed by atoms with E-state index in [-0.39, 0.29) is 10.9 Å². The third-order valence-corrected chi connectivity index (χ3v) is 5.47. The molecule has 1 spiro atoms. The van der Waals surface area contributed by atoms with E-state index in [0.717, 1.165) is 6.42 Å². The van der Waals surface area contributed by atoms with Crippen molar-refractivity contribution in [3.63, 3.8) is 0 Å². The molecule has 2 aliphatic rings. The number of thioether (sulfide) groups is 1. The van der Waals surface area contributed by atoms with Crippen LogP contribution in [0, 0.1) is 11.8 Å². The summed E-state index contributed by atoms with van der Waals surface area (Å²) in [7, 11) is 0. The van der Waals surface area contributed by atoms with Crippen molar-refractivity contribution in [1.82, 2.24) is 5.32 Å². The maximum atomic E-state index is 10.9. The lowest BCUT2D eigenvalue weighted by molar-refractivity contribution is -0.139. The van der Waals surface area contributed by atoms with Gasteiger partial charge in [-0.05, 0) is 24.7 Å². The van der Waals surface area contributed by atoms with Crippen LogP contribution in [0.3, 0.4) is 0 Å². The van der Waals surface area contributed by atoms with Gasteiger partial charge in [-0.2, -0.15) is 0 Å². The summed E-state index contributed by atoms with van der Waals surface area (Å²) < 4.78 is 0. The fraction of sp³-hybridized carbons (Fsp3) is 0.909. The lowest BCUT2D eigenvalue weighted by Gasteiger charge is -2.42. The number of hydrogen-bond donors (Lipinski definition) is 2. The number of rotatable bonds is 1. The van der Waals surface area contributed by atoms with Crippen LogP contribution in [0.1, 0.15) is 33.1 Å². The summed E-state index contributed by atoms with van der Waals surface area (Å²) in [6.45, 7) is 4.51. The van der Waals surface area contributed by atoms with Gasteiger partial charge in [-0.1, -0.05) is 20.3 Å². The number of hydrogen-bond acceptors (Lipinski definition) is 3. The minimum atomic E-state index is -0.704. The first-order chi connectivity index (χ1) is 7.03. The highest BCUT2D eigenvalue weighted by Gasteiger charge is 2.48. The Morgan fingerprint density at radius 3 is 2.80 bits per heavy atom. The summed E-state index contributed by atoms with van der Waals surface area (Å²) in [5, 5.41) is 12.4. The fourth-order valence-electron chi connectivity index (χ4n) is 2.73. The first kappa shape index (κ1) is 11.3. The van der Waals surface area contributed by atoms with Crippen LogP contribution in [-0.4, -0.2) is 27.7 Å². The molecule has 4 unspecified atom stereocenters. The topological polar surface area (TPSA) is 49.3 Å². The molecule has 0 radical (unpaired) electrons. The second-order valence-electron chi connectivity index (χ2n) is 5.02.